The molecule has 2 N–H and O–H groups in total. The van der Waals surface area contributed by atoms with Crippen molar-refractivity contribution in [2.24, 2.45) is 5.73 Å². The Balaban J connectivity index is 3.04. The third-order valence-corrected chi connectivity index (χ3v) is 4.26. The van der Waals surface area contributed by atoms with Gasteiger partial charge in [0.2, 0.25) is 0 Å². The monoisotopic (exact) mass is 316 g/mol. The first-order chi connectivity index (χ1) is 9.53. The van der Waals surface area contributed by atoms with Crippen LogP contribution in [0, 0.1) is 0 Å². The van der Waals surface area contributed by atoms with Crippen LogP contribution >= 0.6 is 23.2 Å². The molecule has 0 aliphatic carbocycles. The summed E-state index contributed by atoms with van der Waals surface area (Å²) in [6.07, 6.45) is 3.46. The fourth-order valence-electron chi connectivity index (χ4n) is 2.49. The molecule has 1 aromatic rings. The molecule has 0 aliphatic rings. The lowest BCUT2D eigenvalue weighted by atomic mass is 10.0. The van der Waals surface area contributed by atoms with Crippen molar-refractivity contribution in [2.45, 2.75) is 52.1 Å². The maximum absolute atomic E-state index is 6.13. The van der Waals surface area contributed by atoms with Gasteiger partial charge >= 0.3 is 0 Å². The quantitative estimate of drug-likeness (QED) is 0.739. The Morgan fingerprint density at radius 1 is 1.15 bits per heavy atom. The summed E-state index contributed by atoms with van der Waals surface area (Å²) in [4.78, 5) is 2.48. The van der Waals surface area contributed by atoms with Crippen LogP contribution in [0.3, 0.4) is 0 Å². The molecule has 1 rings (SSSR count). The standard InChI is InChI=1S/C16H26Cl2N2/c1-4-6-7-20(12(3)5-2)16(11-19)13-8-14(17)10-15(18)9-13/h8-10,12,16H,4-7,11,19H2,1-3H3. The lowest BCUT2D eigenvalue weighted by Gasteiger charge is -2.36. The summed E-state index contributed by atoms with van der Waals surface area (Å²) in [7, 11) is 0. The van der Waals surface area contributed by atoms with Crippen molar-refractivity contribution < 1.29 is 0 Å². The van der Waals surface area contributed by atoms with Gasteiger partial charge in [-0.25, -0.2) is 0 Å². The number of nitrogens with two attached hydrogens (primary N) is 1. The van der Waals surface area contributed by atoms with Crippen molar-refractivity contribution in [2.75, 3.05) is 13.1 Å². The molecule has 0 amide bonds. The van der Waals surface area contributed by atoms with Crippen molar-refractivity contribution in [1.82, 2.24) is 4.90 Å². The highest BCUT2D eigenvalue weighted by Crippen LogP contribution is 2.28. The SMILES string of the molecule is CCCCN(C(C)CC)C(CN)c1cc(Cl)cc(Cl)c1. The minimum absolute atomic E-state index is 0.174. The molecular weight excluding hydrogens is 291 g/mol. The molecule has 0 bridgehead atoms. The van der Waals surface area contributed by atoms with E-state index < -0.39 is 0 Å². The van der Waals surface area contributed by atoms with Gasteiger partial charge in [0.1, 0.15) is 0 Å². The molecule has 2 unspecified atom stereocenters. The maximum atomic E-state index is 6.13. The molecule has 0 spiro atoms. The topological polar surface area (TPSA) is 29.3 Å². The Morgan fingerprint density at radius 3 is 2.20 bits per heavy atom. The average molecular weight is 317 g/mol. The van der Waals surface area contributed by atoms with Crippen LogP contribution in [0.4, 0.5) is 0 Å². The molecule has 1 aromatic carbocycles. The van der Waals surface area contributed by atoms with Crippen molar-refractivity contribution >= 4 is 23.2 Å². The molecule has 0 saturated heterocycles. The Labute approximate surface area is 133 Å². The first kappa shape index (κ1) is 17.8. The number of hydrogen-bond acceptors (Lipinski definition) is 2. The Kier molecular flexibility index (Phi) is 7.90. The number of nitrogens with zero attached hydrogens (tertiary/aromatic N) is 1. The van der Waals surface area contributed by atoms with Gasteiger partial charge in [0.25, 0.3) is 0 Å². The second-order valence-corrected chi connectivity index (χ2v) is 6.18. The van der Waals surface area contributed by atoms with Gasteiger partial charge < -0.3 is 5.73 Å². The lowest BCUT2D eigenvalue weighted by Crippen LogP contribution is -2.40. The summed E-state index contributed by atoms with van der Waals surface area (Å²) >= 11 is 12.3. The zero-order chi connectivity index (χ0) is 15.1. The fourth-order valence-corrected chi connectivity index (χ4v) is 3.03. The van der Waals surface area contributed by atoms with Crippen LogP contribution in [0.25, 0.3) is 0 Å². The van der Waals surface area contributed by atoms with Crippen LogP contribution < -0.4 is 5.73 Å². The van der Waals surface area contributed by atoms with Crippen LogP contribution in [0.2, 0.25) is 10.0 Å². The fraction of sp³-hybridized carbons (Fsp3) is 0.625. The van der Waals surface area contributed by atoms with Crippen LogP contribution in [0.15, 0.2) is 18.2 Å². The molecule has 0 fully saturated rings. The average Bonchev–Trinajstić information content (AvgIpc) is 2.41. The van der Waals surface area contributed by atoms with E-state index in [4.69, 9.17) is 28.9 Å². The molecule has 0 radical (unpaired) electrons. The molecule has 0 heterocycles. The highest BCUT2D eigenvalue weighted by atomic mass is 35.5. The second-order valence-electron chi connectivity index (χ2n) is 5.30. The Bertz CT molecular complexity index is 389. The molecule has 0 aliphatic heterocycles. The molecule has 20 heavy (non-hydrogen) atoms. The summed E-state index contributed by atoms with van der Waals surface area (Å²) in [5.74, 6) is 0. The van der Waals surface area contributed by atoms with Crippen LogP contribution in [0.1, 0.15) is 51.6 Å². The van der Waals surface area contributed by atoms with Crippen molar-refractivity contribution in [3.63, 3.8) is 0 Å². The predicted octanol–water partition coefficient (Wildman–Crippen LogP) is 4.89. The first-order valence-corrected chi connectivity index (χ1v) is 8.20. The van der Waals surface area contributed by atoms with E-state index in [1.165, 1.54) is 12.8 Å². The van der Waals surface area contributed by atoms with Gasteiger partial charge in [-0.15, -0.1) is 0 Å². The zero-order valence-corrected chi connectivity index (χ0v) is 14.2. The van der Waals surface area contributed by atoms with Gasteiger partial charge in [-0.2, -0.15) is 0 Å². The van der Waals surface area contributed by atoms with E-state index in [9.17, 15) is 0 Å². The second kappa shape index (κ2) is 8.89. The smallest absolute Gasteiger partial charge is 0.0474 e. The van der Waals surface area contributed by atoms with Gasteiger partial charge in [-0.3, -0.25) is 4.90 Å². The third kappa shape index (κ3) is 4.92. The summed E-state index contributed by atoms with van der Waals surface area (Å²) in [6.45, 7) is 8.30. The summed E-state index contributed by atoms with van der Waals surface area (Å²) < 4.78 is 0. The largest absolute Gasteiger partial charge is 0.329 e. The predicted molar refractivity (Wildman–Crippen MR) is 89.6 cm³/mol. The van der Waals surface area contributed by atoms with Gasteiger partial charge in [-0.1, -0.05) is 43.5 Å². The third-order valence-electron chi connectivity index (χ3n) is 3.82. The minimum atomic E-state index is 0.174. The van der Waals surface area contributed by atoms with Crippen LogP contribution in [0.5, 0.6) is 0 Å². The van der Waals surface area contributed by atoms with Gasteiger partial charge in [0, 0.05) is 28.7 Å². The first-order valence-electron chi connectivity index (χ1n) is 7.45. The van der Waals surface area contributed by atoms with E-state index in [0.29, 0.717) is 22.6 Å². The molecule has 0 aromatic heterocycles. The number of rotatable bonds is 8. The van der Waals surface area contributed by atoms with Crippen molar-refractivity contribution in [3.8, 4) is 0 Å². The number of benzene rings is 1. The maximum Gasteiger partial charge on any atom is 0.0474 e. The van der Waals surface area contributed by atoms with E-state index in [1.807, 2.05) is 12.1 Å². The van der Waals surface area contributed by atoms with Crippen molar-refractivity contribution in [3.05, 3.63) is 33.8 Å². The normalized spacial score (nSPS) is 14.6. The van der Waals surface area contributed by atoms with Gasteiger partial charge in [-0.05, 0) is 50.1 Å². The van der Waals surface area contributed by atoms with Gasteiger partial charge in [0.05, 0.1) is 0 Å². The molecule has 4 heteroatoms. The van der Waals surface area contributed by atoms with E-state index >= 15 is 0 Å². The number of hydrogen-bond donors (Lipinski definition) is 1. The molecule has 0 saturated carbocycles. The van der Waals surface area contributed by atoms with E-state index in [0.717, 1.165) is 18.5 Å². The minimum Gasteiger partial charge on any atom is -0.329 e. The van der Waals surface area contributed by atoms with E-state index in [1.54, 1.807) is 6.07 Å². The zero-order valence-electron chi connectivity index (χ0n) is 12.7. The molecule has 114 valence electrons. The van der Waals surface area contributed by atoms with E-state index in [2.05, 4.69) is 25.7 Å². The Hall–Kier alpha value is -0.280. The molecule has 2 atom stereocenters. The molecular formula is C16H26Cl2N2. The molecule has 2 nitrogen and oxygen atoms in total. The van der Waals surface area contributed by atoms with Crippen LogP contribution in [-0.4, -0.2) is 24.0 Å². The highest BCUT2D eigenvalue weighted by Gasteiger charge is 2.23. The Morgan fingerprint density at radius 2 is 1.75 bits per heavy atom. The lowest BCUT2D eigenvalue weighted by molar-refractivity contribution is 0.141. The van der Waals surface area contributed by atoms with E-state index in [-0.39, 0.29) is 6.04 Å². The van der Waals surface area contributed by atoms with Gasteiger partial charge in [0.15, 0.2) is 0 Å². The summed E-state index contributed by atoms with van der Waals surface area (Å²) in [5, 5.41) is 1.34. The number of halogens is 2. The van der Waals surface area contributed by atoms with Crippen LogP contribution in [-0.2, 0) is 0 Å². The summed E-state index contributed by atoms with van der Waals surface area (Å²) in [5.41, 5.74) is 7.15. The van der Waals surface area contributed by atoms with Crippen molar-refractivity contribution in [1.29, 1.82) is 0 Å². The highest BCUT2D eigenvalue weighted by molar-refractivity contribution is 6.34. The number of unbranched alkanes of at least 4 members (excludes halogenated alkanes) is 1. The summed E-state index contributed by atoms with van der Waals surface area (Å²) in [6, 6.07) is 6.39.